The Morgan fingerprint density at radius 1 is 1.19 bits per heavy atom. The zero-order chi connectivity index (χ0) is 18.6. The molecular weight excluding hydrogens is 340 g/mol. The van der Waals surface area contributed by atoms with Crippen LogP contribution in [0, 0.1) is 0 Å². The summed E-state index contributed by atoms with van der Waals surface area (Å²) in [5.74, 6) is 1.32. The smallest absolute Gasteiger partial charge is 0.229 e. The molecule has 0 radical (unpaired) electrons. The lowest BCUT2D eigenvalue weighted by Gasteiger charge is -2.15. The molecule has 6 nitrogen and oxygen atoms in total. The zero-order valence-corrected chi connectivity index (χ0v) is 15.4. The highest BCUT2D eigenvalue weighted by atomic mass is 16.5. The second kappa shape index (κ2) is 7.90. The van der Waals surface area contributed by atoms with Gasteiger partial charge in [-0.1, -0.05) is 24.3 Å². The molecule has 27 heavy (non-hydrogen) atoms. The third kappa shape index (κ3) is 4.18. The molecule has 3 aromatic rings. The van der Waals surface area contributed by atoms with E-state index in [2.05, 4.69) is 20.6 Å². The van der Waals surface area contributed by atoms with Crippen LogP contribution < -0.4 is 10.6 Å². The number of hydrogen-bond acceptors (Lipinski definition) is 6. The van der Waals surface area contributed by atoms with Gasteiger partial charge in [-0.3, -0.25) is 0 Å². The Kier molecular flexibility index (Phi) is 5.18. The zero-order valence-electron chi connectivity index (χ0n) is 15.4. The van der Waals surface area contributed by atoms with E-state index in [4.69, 9.17) is 4.74 Å². The molecule has 0 amide bonds. The maximum atomic E-state index is 9.79. The first-order valence-electron chi connectivity index (χ1n) is 9.36. The SMILES string of the molecule is C[C@@H](O)c1cccc(Nc2nc(NC[C@@H]3CCCO3)c3ccccc3n2)c1. The van der Waals surface area contributed by atoms with E-state index < -0.39 is 6.10 Å². The fourth-order valence-corrected chi connectivity index (χ4v) is 3.29. The number of ether oxygens (including phenoxy) is 1. The number of rotatable bonds is 6. The molecule has 1 aliphatic heterocycles. The van der Waals surface area contributed by atoms with Crippen LogP contribution in [0.15, 0.2) is 48.5 Å². The van der Waals surface area contributed by atoms with Gasteiger partial charge in [-0.25, -0.2) is 4.98 Å². The van der Waals surface area contributed by atoms with Crippen LogP contribution >= 0.6 is 0 Å². The molecule has 1 aliphatic rings. The van der Waals surface area contributed by atoms with Crippen molar-refractivity contribution in [1.82, 2.24) is 9.97 Å². The van der Waals surface area contributed by atoms with Crippen molar-refractivity contribution in [2.24, 2.45) is 0 Å². The predicted molar refractivity (Wildman–Crippen MR) is 107 cm³/mol. The highest BCUT2D eigenvalue weighted by Crippen LogP contribution is 2.25. The van der Waals surface area contributed by atoms with Crippen molar-refractivity contribution >= 4 is 28.4 Å². The number of nitrogens with zero attached hydrogens (tertiary/aromatic N) is 2. The topological polar surface area (TPSA) is 79.3 Å². The van der Waals surface area contributed by atoms with Crippen LogP contribution in [-0.4, -0.2) is 34.3 Å². The summed E-state index contributed by atoms with van der Waals surface area (Å²) >= 11 is 0. The van der Waals surface area contributed by atoms with Gasteiger partial charge in [0.2, 0.25) is 5.95 Å². The average molecular weight is 364 g/mol. The molecule has 2 atom stereocenters. The van der Waals surface area contributed by atoms with Crippen molar-refractivity contribution in [3.05, 3.63) is 54.1 Å². The van der Waals surface area contributed by atoms with E-state index in [1.165, 1.54) is 0 Å². The Labute approximate surface area is 158 Å². The van der Waals surface area contributed by atoms with Gasteiger partial charge in [-0.2, -0.15) is 4.98 Å². The first-order valence-corrected chi connectivity index (χ1v) is 9.36. The molecule has 0 unspecified atom stereocenters. The second-order valence-corrected chi connectivity index (χ2v) is 6.86. The van der Waals surface area contributed by atoms with Crippen LogP contribution in [0.5, 0.6) is 0 Å². The molecule has 0 spiro atoms. The Balaban J connectivity index is 1.61. The summed E-state index contributed by atoms with van der Waals surface area (Å²) in [4.78, 5) is 9.31. The summed E-state index contributed by atoms with van der Waals surface area (Å²) in [5, 5.41) is 17.5. The number of fused-ring (bicyclic) bond motifs is 1. The fraction of sp³-hybridized carbons (Fsp3) is 0.333. The van der Waals surface area contributed by atoms with Gasteiger partial charge < -0.3 is 20.5 Å². The Morgan fingerprint density at radius 3 is 2.89 bits per heavy atom. The van der Waals surface area contributed by atoms with Gasteiger partial charge in [0, 0.05) is 24.2 Å². The number of benzene rings is 2. The van der Waals surface area contributed by atoms with Crippen LogP contribution in [0.3, 0.4) is 0 Å². The van der Waals surface area contributed by atoms with Gasteiger partial charge in [0.1, 0.15) is 5.82 Å². The monoisotopic (exact) mass is 364 g/mol. The number of anilines is 3. The average Bonchev–Trinajstić information content (AvgIpc) is 3.20. The normalized spacial score (nSPS) is 17.8. The molecule has 0 aliphatic carbocycles. The third-order valence-corrected chi connectivity index (χ3v) is 4.75. The first-order chi connectivity index (χ1) is 13.2. The fourth-order valence-electron chi connectivity index (χ4n) is 3.29. The summed E-state index contributed by atoms with van der Waals surface area (Å²) in [7, 11) is 0. The van der Waals surface area contributed by atoms with Gasteiger partial charge in [0.25, 0.3) is 0 Å². The molecule has 3 N–H and O–H groups in total. The highest BCUT2D eigenvalue weighted by Gasteiger charge is 2.16. The molecule has 1 fully saturated rings. The molecular formula is C21H24N4O2. The number of nitrogens with one attached hydrogen (secondary N) is 2. The molecule has 140 valence electrons. The van der Waals surface area contributed by atoms with Crippen LogP contribution in [0.2, 0.25) is 0 Å². The van der Waals surface area contributed by atoms with E-state index in [-0.39, 0.29) is 6.10 Å². The van der Waals surface area contributed by atoms with E-state index in [1.54, 1.807) is 6.92 Å². The number of aliphatic hydroxyl groups excluding tert-OH is 1. The summed E-state index contributed by atoms with van der Waals surface area (Å²) < 4.78 is 5.70. The van der Waals surface area contributed by atoms with E-state index in [1.807, 2.05) is 48.5 Å². The lowest BCUT2D eigenvalue weighted by Crippen LogP contribution is -2.19. The maximum absolute atomic E-state index is 9.79. The van der Waals surface area contributed by atoms with Crippen LogP contribution in [0.4, 0.5) is 17.5 Å². The Bertz CT molecular complexity index is 923. The summed E-state index contributed by atoms with van der Waals surface area (Å²) in [6.45, 7) is 3.32. The molecule has 4 rings (SSSR count). The Morgan fingerprint density at radius 2 is 2.07 bits per heavy atom. The highest BCUT2D eigenvalue weighted by molar-refractivity contribution is 5.90. The standard InChI is InChI=1S/C21H24N4O2/c1-14(26)15-6-4-7-16(12-15)23-21-24-19-10-3-2-9-18(19)20(25-21)22-13-17-8-5-11-27-17/h2-4,6-7,9-10,12,14,17,26H,5,8,11,13H2,1H3,(H2,22,23,24,25)/t14-,17+/m1/s1. The molecule has 2 aromatic carbocycles. The third-order valence-electron chi connectivity index (χ3n) is 4.75. The lowest BCUT2D eigenvalue weighted by atomic mass is 10.1. The van der Waals surface area contributed by atoms with E-state index in [0.29, 0.717) is 5.95 Å². The number of hydrogen-bond donors (Lipinski definition) is 3. The molecule has 6 heteroatoms. The van der Waals surface area contributed by atoms with Crippen LogP contribution in [0.1, 0.15) is 31.4 Å². The molecule has 0 saturated carbocycles. The van der Waals surface area contributed by atoms with Crippen molar-refractivity contribution in [3.63, 3.8) is 0 Å². The summed E-state index contributed by atoms with van der Waals surface area (Å²) in [6.07, 6.45) is 1.90. The van der Waals surface area contributed by atoms with Gasteiger partial charge in [0.05, 0.1) is 17.7 Å². The van der Waals surface area contributed by atoms with E-state index in [0.717, 1.165) is 54.0 Å². The van der Waals surface area contributed by atoms with Crippen LogP contribution in [-0.2, 0) is 4.74 Å². The van der Waals surface area contributed by atoms with Crippen molar-refractivity contribution in [2.45, 2.75) is 32.0 Å². The van der Waals surface area contributed by atoms with Gasteiger partial charge in [-0.05, 0) is 49.6 Å². The van der Waals surface area contributed by atoms with Crippen molar-refractivity contribution in [1.29, 1.82) is 0 Å². The van der Waals surface area contributed by atoms with Crippen LogP contribution in [0.25, 0.3) is 10.9 Å². The molecule has 0 bridgehead atoms. The predicted octanol–water partition coefficient (Wildman–Crippen LogP) is 4.02. The largest absolute Gasteiger partial charge is 0.389 e. The Hall–Kier alpha value is -2.70. The minimum atomic E-state index is -0.520. The summed E-state index contributed by atoms with van der Waals surface area (Å²) in [5.41, 5.74) is 2.56. The lowest BCUT2D eigenvalue weighted by molar-refractivity contribution is 0.120. The summed E-state index contributed by atoms with van der Waals surface area (Å²) in [6, 6.07) is 15.6. The number of aromatic nitrogens is 2. The van der Waals surface area contributed by atoms with Gasteiger partial charge in [0.15, 0.2) is 0 Å². The second-order valence-electron chi connectivity index (χ2n) is 6.86. The van der Waals surface area contributed by atoms with Crippen molar-refractivity contribution < 1.29 is 9.84 Å². The van der Waals surface area contributed by atoms with Gasteiger partial charge >= 0.3 is 0 Å². The van der Waals surface area contributed by atoms with E-state index in [9.17, 15) is 5.11 Å². The van der Waals surface area contributed by atoms with E-state index >= 15 is 0 Å². The minimum Gasteiger partial charge on any atom is -0.389 e. The minimum absolute atomic E-state index is 0.234. The van der Waals surface area contributed by atoms with Crippen molar-refractivity contribution in [2.75, 3.05) is 23.8 Å². The van der Waals surface area contributed by atoms with Crippen molar-refractivity contribution in [3.8, 4) is 0 Å². The number of aliphatic hydroxyl groups is 1. The first kappa shape index (κ1) is 17.7. The maximum Gasteiger partial charge on any atom is 0.229 e. The van der Waals surface area contributed by atoms with Gasteiger partial charge in [-0.15, -0.1) is 0 Å². The molecule has 1 aromatic heterocycles. The number of para-hydroxylation sites is 1. The molecule has 2 heterocycles. The quantitative estimate of drug-likeness (QED) is 0.613. The molecule has 1 saturated heterocycles.